The van der Waals surface area contributed by atoms with E-state index in [1.165, 1.54) is 6.07 Å². The first-order chi connectivity index (χ1) is 12.2. The molecule has 3 rings (SSSR count). The number of halogens is 2. The summed E-state index contributed by atoms with van der Waals surface area (Å²) in [6.45, 7) is 5.27. The minimum absolute atomic E-state index is 0.0620. The lowest BCUT2D eigenvalue weighted by molar-refractivity contribution is -0.157. The fraction of sp³-hybridized carbons (Fsp3) is 0.650. The van der Waals surface area contributed by atoms with Crippen LogP contribution < -0.4 is 5.32 Å². The van der Waals surface area contributed by atoms with Crippen molar-refractivity contribution in [3.8, 4) is 0 Å². The Morgan fingerprint density at radius 2 is 1.96 bits per heavy atom. The fourth-order valence-corrected chi connectivity index (χ4v) is 3.96. The molecule has 1 amide bonds. The number of piperidine rings is 1. The van der Waals surface area contributed by atoms with E-state index in [-0.39, 0.29) is 24.5 Å². The van der Waals surface area contributed by atoms with E-state index in [0.29, 0.717) is 30.9 Å². The molecule has 6 heteroatoms. The highest BCUT2D eigenvalue weighted by molar-refractivity contribution is 5.86. The third-order valence-corrected chi connectivity index (χ3v) is 5.47. The molecule has 1 aliphatic heterocycles. The van der Waals surface area contributed by atoms with Gasteiger partial charge in [-0.15, -0.1) is 0 Å². The van der Waals surface area contributed by atoms with Gasteiger partial charge in [0.15, 0.2) is 17.2 Å². The van der Waals surface area contributed by atoms with Crippen LogP contribution in [0.2, 0.25) is 0 Å². The van der Waals surface area contributed by atoms with Gasteiger partial charge in [0.2, 0.25) is 0 Å². The van der Waals surface area contributed by atoms with Gasteiger partial charge in [0.1, 0.15) is 0 Å². The first-order valence-corrected chi connectivity index (χ1v) is 9.44. The zero-order valence-corrected chi connectivity index (χ0v) is 15.5. The lowest BCUT2D eigenvalue weighted by atomic mass is 9.90. The molecule has 0 unspecified atom stereocenters. The zero-order valence-electron chi connectivity index (χ0n) is 15.5. The van der Waals surface area contributed by atoms with Crippen molar-refractivity contribution >= 4 is 5.91 Å². The van der Waals surface area contributed by atoms with Gasteiger partial charge in [0.25, 0.3) is 5.91 Å². The molecule has 2 aliphatic rings. The van der Waals surface area contributed by atoms with E-state index in [2.05, 4.69) is 19.2 Å². The van der Waals surface area contributed by atoms with E-state index in [0.717, 1.165) is 31.4 Å². The Bertz CT molecular complexity index is 676. The predicted molar refractivity (Wildman–Crippen MR) is 95.4 cm³/mol. The molecule has 1 aromatic carbocycles. The van der Waals surface area contributed by atoms with Gasteiger partial charge in [0.05, 0.1) is 0 Å². The summed E-state index contributed by atoms with van der Waals surface area (Å²) < 4.78 is 26.5. The van der Waals surface area contributed by atoms with Crippen molar-refractivity contribution in [1.29, 1.82) is 0 Å². The molecule has 1 aliphatic carbocycles. The second kappa shape index (κ2) is 7.24. The van der Waals surface area contributed by atoms with Crippen LogP contribution in [0.15, 0.2) is 18.2 Å². The van der Waals surface area contributed by atoms with Gasteiger partial charge in [0, 0.05) is 25.2 Å². The van der Waals surface area contributed by atoms with Crippen LogP contribution in [0, 0.1) is 17.6 Å². The number of carbonyl (C=O) groups is 1. The molecule has 1 saturated heterocycles. The highest BCUT2D eigenvalue weighted by atomic mass is 19.2. The van der Waals surface area contributed by atoms with Crippen molar-refractivity contribution in [3.63, 3.8) is 0 Å². The maximum Gasteiger partial charge on any atom is 0.256 e. The van der Waals surface area contributed by atoms with Gasteiger partial charge < -0.3 is 15.3 Å². The van der Waals surface area contributed by atoms with Gasteiger partial charge in [-0.1, -0.05) is 19.9 Å². The monoisotopic (exact) mass is 366 g/mol. The van der Waals surface area contributed by atoms with Gasteiger partial charge in [-0.2, -0.15) is 0 Å². The topological polar surface area (TPSA) is 52.6 Å². The summed E-state index contributed by atoms with van der Waals surface area (Å²) in [5.41, 5.74) is -0.844. The van der Waals surface area contributed by atoms with E-state index in [1.807, 2.05) is 0 Å². The van der Waals surface area contributed by atoms with Crippen LogP contribution in [-0.2, 0) is 11.3 Å². The smallest absolute Gasteiger partial charge is 0.256 e. The number of likely N-dealkylation sites (tertiary alicyclic amines) is 1. The lowest BCUT2D eigenvalue weighted by Crippen LogP contribution is -2.59. The van der Waals surface area contributed by atoms with E-state index in [4.69, 9.17) is 0 Å². The highest BCUT2D eigenvalue weighted by Gasteiger charge is 2.47. The first-order valence-electron chi connectivity index (χ1n) is 9.44. The Morgan fingerprint density at radius 1 is 1.23 bits per heavy atom. The SMILES string of the molecule is CC(C)CC1(NC[C@]2(O)CCCN(Cc3ccc(F)c(F)c3)C2=O)CC1. The Kier molecular flexibility index (Phi) is 5.35. The Morgan fingerprint density at radius 3 is 2.58 bits per heavy atom. The van der Waals surface area contributed by atoms with Crippen LogP contribution in [0.4, 0.5) is 8.78 Å². The molecule has 1 atom stereocenters. The maximum atomic E-state index is 13.4. The second-order valence-electron chi connectivity index (χ2n) is 8.34. The first kappa shape index (κ1) is 19.2. The third kappa shape index (κ3) is 4.23. The molecule has 1 heterocycles. The number of aliphatic hydroxyl groups is 1. The number of nitrogens with zero attached hydrogens (tertiary/aromatic N) is 1. The van der Waals surface area contributed by atoms with Gasteiger partial charge in [-0.05, 0) is 55.7 Å². The molecule has 144 valence electrons. The van der Waals surface area contributed by atoms with Gasteiger partial charge >= 0.3 is 0 Å². The van der Waals surface area contributed by atoms with Crippen LogP contribution in [0.3, 0.4) is 0 Å². The van der Waals surface area contributed by atoms with Crippen LogP contribution in [0.1, 0.15) is 51.5 Å². The summed E-state index contributed by atoms with van der Waals surface area (Å²) in [7, 11) is 0. The average Bonchev–Trinajstić information content (AvgIpc) is 3.33. The minimum Gasteiger partial charge on any atom is -0.379 e. The number of hydrogen-bond donors (Lipinski definition) is 2. The molecule has 26 heavy (non-hydrogen) atoms. The number of benzene rings is 1. The van der Waals surface area contributed by atoms with Crippen LogP contribution in [0.5, 0.6) is 0 Å². The third-order valence-electron chi connectivity index (χ3n) is 5.47. The maximum absolute atomic E-state index is 13.4. The van der Waals surface area contributed by atoms with Crippen LogP contribution in [0.25, 0.3) is 0 Å². The molecule has 0 radical (unpaired) electrons. The zero-order chi connectivity index (χ0) is 18.9. The van der Waals surface area contributed by atoms with E-state index < -0.39 is 17.2 Å². The van der Waals surface area contributed by atoms with Crippen molar-refractivity contribution in [2.24, 2.45) is 5.92 Å². The van der Waals surface area contributed by atoms with Gasteiger partial charge in [-0.25, -0.2) is 8.78 Å². The predicted octanol–water partition coefficient (Wildman–Crippen LogP) is 2.99. The van der Waals surface area contributed by atoms with Crippen molar-refractivity contribution < 1.29 is 18.7 Å². The van der Waals surface area contributed by atoms with Crippen molar-refractivity contribution in [2.75, 3.05) is 13.1 Å². The van der Waals surface area contributed by atoms with E-state index in [1.54, 1.807) is 4.90 Å². The summed E-state index contributed by atoms with van der Waals surface area (Å²) in [5, 5.41) is 14.4. The molecule has 1 saturated carbocycles. The lowest BCUT2D eigenvalue weighted by Gasteiger charge is -2.39. The molecular weight excluding hydrogens is 338 g/mol. The fourth-order valence-electron chi connectivity index (χ4n) is 3.96. The molecule has 0 spiro atoms. The molecule has 0 bridgehead atoms. The van der Waals surface area contributed by atoms with Gasteiger partial charge in [-0.3, -0.25) is 4.79 Å². The molecule has 4 nitrogen and oxygen atoms in total. The standard InChI is InChI=1S/C20H28F2N2O2/c1-14(2)11-19(7-8-19)23-13-20(26)6-3-9-24(18(20)25)12-15-4-5-16(21)17(22)10-15/h4-5,10,14,23,26H,3,6-9,11-13H2,1-2H3/t20-/m1/s1. The second-order valence-corrected chi connectivity index (χ2v) is 8.34. The van der Waals surface area contributed by atoms with E-state index >= 15 is 0 Å². The number of hydrogen-bond acceptors (Lipinski definition) is 3. The molecule has 0 aromatic heterocycles. The van der Waals surface area contributed by atoms with Crippen LogP contribution in [-0.4, -0.2) is 40.1 Å². The molecule has 2 fully saturated rings. The van der Waals surface area contributed by atoms with Crippen molar-refractivity contribution in [1.82, 2.24) is 10.2 Å². The van der Waals surface area contributed by atoms with E-state index in [9.17, 15) is 18.7 Å². The highest BCUT2D eigenvalue weighted by Crippen LogP contribution is 2.41. The number of amides is 1. The molecule has 2 N–H and O–H groups in total. The number of β-amino-alcohol motifs (C(OH)–C–C–N with tert-alkyl or cyclic N) is 1. The summed E-state index contributed by atoms with van der Waals surface area (Å²) in [6.07, 6.45) is 4.30. The normalized spacial score (nSPS) is 25.0. The molecule has 1 aromatic rings. The number of nitrogens with one attached hydrogen (secondary N) is 1. The minimum atomic E-state index is -1.43. The Labute approximate surface area is 153 Å². The quantitative estimate of drug-likeness (QED) is 0.780. The summed E-state index contributed by atoms with van der Waals surface area (Å²) >= 11 is 0. The number of rotatable bonds is 7. The van der Waals surface area contributed by atoms with Crippen molar-refractivity contribution in [3.05, 3.63) is 35.4 Å². The summed E-state index contributed by atoms with van der Waals surface area (Å²) in [4.78, 5) is 14.4. The average molecular weight is 366 g/mol. The number of carbonyl (C=O) groups excluding carboxylic acids is 1. The Balaban J connectivity index is 1.63. The Hall–Kier alpha value is -1.53. The largest absolute Gasteiger partial charge is 0.379 e. The summed E-state index contributed by atoms with van der Waals surface area (Å²) in [6, 6.07) is 3.64. The summed E-state index contributed by atoms with van der Waals surface area (Å²) in [5.74, 6) is -1.60. The molecular formula is C20H28F2N2O2. The van der Waals surface area contributed by atoms with Crippen LogP contribution >= 0.6 is 0 Å². The van der Waals surface area contributed by atoms with Crippen molar-refractivity contribution in [2.45, 2.75) is 63.6 Å².